The minimum absolute atomic E-state index is 0.0563. The van der Waals surface area contributed by atoms with Crippen LogP contribution in [0, 0.1) is 0 Å². The second-order valence-corrected chi connectivity index (χ2v) is 3.58. The molecule has 1 aromatic heterocycles. The molecule has 92 valence electrons. The van der Waals surface area contributed by atoms with Crippen molar-refractivity contribution in [3.05, 3.63) is 12.4 Å². The topological polar surface area (TPSA) is 50.1 Å². The first-order valence-electron chi connectivity index (χ1n) is 4.87. The van der Waals surface area contributed by atoms with E-state index in [9.17, 15) is 13.2 Å². The molecule has 16 heavy (non-hydrogen) atoms. The highest BCUT2D eigenvalue weighted by atomic mass is 19.4. The highest BCUT2D eigenvalue weighted by Gasteiger charge is 2.29. The third-order valence-electron chi connectivity index (χ3n) is 1.91. The Morgan fingerprint density at radius 1 is 1.56 bits per heavy atom. The van der Waals surface area contributed by atoms with Crippen molar-refractivity contribution >= 4 is 5.69 Å². The lowest BCUT2D eigenvalue weighted by molar-refractivity contribution is -0.136. The standard InChI is InChI=1S/C9H14F3N3O/c1-7(4-9(10,11)12)14-8-5-13-15(6-8)2-3-16/h5-7,14,16H,2-4H2,1H3. The van der Waals surface area contributed by atoms with Gasteiger partial charge in [-0.25, -0.2) is 0 Å². The Morgan fingerprint density at radius 2 is 2.25 bits per heavy atom. The smallest absolute Gasteiger partial charge is 0.391 e. The average molecular weight is 237 g/mol. The molecule has 0 saturated heterocycles. The molecule has 1 rings (SSSR count). The van der Waals surface area contributed by atoms with E-state index >= 15 is 0 Å². The lowest BCUT2D eigenvalue weighted by atomic mass is 10.2. The van der Waals surface area contributed by atoms with Gasteiger partial charge < -0.3 is 10.4 Å². The lowest BCUT2D eigenvalue weighted by Crippen LogP contribution is -2.23. The summed E-state index contributed by atoms with van der Waals surface area (Å²) >= 11 is 0. The van der Waals surface area contributed by atoms with Gasteiger partial charge in [-0.05, 0) is 6.92 Å². The summed E-state index contributed by atoms with van der Waals surface area (Å²) < 4.78 is 37.6. The van der Waals surface area contributed by atoms with Gasteiger partial charge in [0.05, 0.1) is 31.5 Å². The van der Waals surface area contributed by atoms with Gasteiger partial charge in [-0.2, -0.15) is 18.3 Å². The van der Waals surface area contributed by atoms with E-state index in [4.69, 9.17) is 5.11 Å². The molecule has 0 amide bonds. The Labute approximate surface area is 91.1 Å². The Bertz CT molecular complexity index is 324. The summed E-state index contributed by atoms with van der Waals surface area (Å²) in [6.07, 6.45) is -2.07. The van der Waals surface area contributed by atoms with Gasteiger partial charge in [0.2, 0.25) is 0 Å². The van der Waals surface area contributed by atoms with Gasteiger partial charge in [-0.15, -0.1) is 0 Å². The minimum Gasteiger partial charge on any atom is -0.394 e. The predicted molar refractivity (Wildman–Crippen MR) is 53.1 cm³/mol. The fourth-order valence-corrected chi connectivity index (χ4v) is 1.35. The maximum atomic E-state index is 12.0. The zero-order valence-corrected chi connectivity index (χ0v) is 8.83. The molecule has 2 N–H and O–H groups in total. The van der Waals surface area contributed by atoms with Gasteiger partial charge in [0, 0.05) is 12.2 Å². The molecule has 1 atom stereocenters. The Morgan fingerprint density at radius 3 is 2.81 bits per heavy atom. The average Bonchev–Trinajstić information content (AvgIpc) is 2.49. The van der Waals surface area contributed by atoms with Gasteiger partial charge in [-0.3, -0.25) is 4.68 Å². The monoisotopic (exact) mass is 237 g/mol. The molecule has 0 spiro atoms. The van der Waals surface area contributed by atoms with Crippen molar-refractivity contribution in [3.63, 3.8) is 0 Å². The number of nitrogens with one attached hydrogen (secondary N) is 1. The summed E-state index contributed by atoms with van der Waals surface area (Å²) in [7, 11) is 0. The van der Waals surface area contributed by atoms with E-state index in [1.54, 1.807) is 6.20 Å². The van der Waals surface area contributed by atoms with Crippen molar-refractivity contribution in [2.24, 2.45) is 0 Å². The summed E-state index contributed by atoms with van der Waals surface area (Å²) in [5, 5.41) is 15.2. The molecule has 0 aliphatic rings. The van der Waals surface area contributed by atoms with Crippen LogP contribution >= 0.6 is 0 Å². The molecule has 7 heteroatoms. The SMILES string of the molecule is CC(CC(F)(F)F)Nc1cnn(CCO)c1. The van der Waals surface area contributed by atoms with Gasteiger partial charge >= 0.3 is 6.18 Å². The third-order valence-corrected chi connectivity index (χ3v) is 1.91. The normalized spacial score (nSPS) is 13.8. The number of aliphatic hydroxyl groups excluding tert-OH is 1. The van der Waals surface area contributed by atoms with Crippen molar-refractivity contribution in [1.29, 1.82) is 0 Å². The Kier molecular flexibility index (Phi) is 4.17. The Balaban J connectivity index is 2.46. The number of alkyl halides is 3. The van der Waals surface area contributed by atoms with Crippen molar-refractivity contribution in [2.45, 2.75) is 32.1 Å². The molecule has 4 nitrogen and oxygen atoms in total. The second-order valence-electron chi connectivity index (χ2n) is 3.58. The van der Waals surface area contributed by atoms with E-state index in [0.717, 1.165) is 0 Å². The molecule has 1 unspecified atom stereocenters. The van der Waals surface area contributed by atoms with Crippen LogP contribution < -0.4 is 5.32 Å². The van der Waals surface area contributed by atoms with E-state index in [0.29, 0.717) is 12.2 Å². The van der Waals surface area contributed by atoms with Crippen LogP contribution in [0.3, 0.4) is 0 Å². The number of anilines is 1. The largest absolute Gasteiger partial charge is 0.394 e. The fourth-order valence-electron chi connectivity index (χ4n) is 1.35. The van der Waals surface area contributed by atoms with Gasteiger partial charge in [0.25, 0.3) is 0 Å². The molecule has 0 aliphatic carbocycles. The molecule has 0 aliphatic heterocycles. The minimum atomic E-state index is -4.17. The second kappa shape index (κ2) is 5.20. The molecular weight excluding hydrogens is 223 g/mol. The maximum Gasteiger partial charge on any atom is 0.391 e. The van der Waals surface area contributed by atoms with Crippen LogP contribution in [-0.2, 0) is 6.54 Å². The lowest BCUT2D eigenvalue weighted by Gasteiger charge is -2.15. The highest BCUT2D eigenvalue weighted by Crippen LogP contribution is 2.23. The summed E-state index contributed by atoms with van der Waals surface area (Å²) in [6.45, 7) is 1.73. The van der Waals surface area contributed by atoms with Crippen LogP contribution in [-0.4, -0.2) is 33.7 Å². The van der Waals surface area contributed by atoms with Crippen molar-refractivity contribution in [3.8, 4) is 0 Å². The number of aliphatic hydroxyl groups is 1. The van der Waals surface area contributed by atoms with Crippen LogP contribution in [0.15, 0.2) is 12.4 Å². The molecule has 0 radical (unpaired) electrons. The van der Waals surface area contributed by atoms with Crippen LogP contribution in [0.5, 0.6) is 0 Å². The number of rotatable bonds is 5. The zero-order valence-electron chi connectivity index (χ0n) is 8.83. The Hall–Kier alpha value is -1.24. The number of hydrogen-bond donors (Lipinski definition) is 2. The van der Waals surface area contributed by atoms with E-state index in [2.05, 4.69) is 10.4 Å². The van der Waals surface area contributed by atoms with Crippen LogP contribution in [0.25, 0.3) is 0 Å². The molecule has 0 fully saturated rings. The first-order chi connectivity index (χ1) is 7.40. The predicted octanol–water partition coefficient (Wildman–Crippen LogP) is 1.63. The van der Waals surface area contributed by atoms with Crippen molar-refractivity contribution in [2.75, 3.05) is 11.9 Å². The van der Waals surface area contributed by atoms with E-state index in [-0.39, 0.29) is 6.61 Å². The molecule has 1 heterocycles. The number of nitrogens with zero attached hydrogens (tertiary/aromatic N) is 2. The van der Waals surface area contributed by atoms with Crippen LogP contribution in [0.4, 0.5) is 18.9 Å². The van der Waals surface area contributed by atoms with Gasteiger partial charge in [0.1, 0.15) is 0 Å². The molecular formula is C9H14F3N3O. The van der Waals surface area contributed by atoms with E-state index in [1.807, 2.05) is 0 Å². The van der Waals surface area contributed by atoms with Crippen molar-refractivity contribution < 1.29 is 18.3 Å². The number of aromatic nitrogens is 2. The molecule has 1 aromatic rings. The zero-order chi connectivity index (χ0) is 12.2. The van der Waals surface area contributed by atoms with Gasteiger partial charge in [0.15, 0.2) is 0 Å². The fraction of sp³-hybridized carbons (Fsp3) is 0.667. The quantitative estimate of drug-likeness (QED) is 0.818. The first kappa shape index (κ1) is 12.8. The summed E-state index contributed by atoms with van der Waals surface area (Å²) in [4.78, 5) is 0. The summed E-state index contributed by atoms with van der Waals surface area (Å²) in [6, 6.07) is -0.702. The van der Waals surface area contributed by atoms with Crippen LogP contribution in [0.2, 0.25) is 0 Å². The molecule has 0 saturated carbocycles. The maximum absolute atomic E-state index is 12.0. The van der Waals surface area contributed by atoms with Crippen LogP contribution in [0.1, 0.15) is 13.3 Å². The number of hydrogen-bond acceptors (Lipinski definition) is 3. The van der Waals surface area contributed by atoms with Gasteiger partial charge in [-0.1, -0.05) is 0 Å². The van der Waals surface area contributed by atoms with E-state index in [1.165, 1.54) is 17.8 Å². The molecule has 0 bridgehead atoms. The van der Waals surface area contributed by atoms with Crippen molar-refractivity contribution in [1.82, 2.24) is 9.78 Å². The third kappa shape index (κ3) is 4.52. The first-order valence-corrected chi connectivity index (χ1v) is 4.87. The highest BCUT2D eigenvalue weighted by molar-refractivity contribution is 5.39. The van der Waals surface area contributed by atoms with E-state index < -0.39 is 18.6 Å². The number of halogens is 3. The summed E-state index contributed by atoms with van der Waals surface area (Å²) in [5.41, 5.74) is 0.519. The molecule has 0 aromatic carbocycles. The summed E-state index contributed by atoms with van der Waals surface area (Å²) in [5.74, 6) is 0.